The minimum absolute atomic E-state index is 0.0321. The molecule has 1 heterocycles. The van der Waals surface area contributed by atoms with Gasteiger partial charge in [0.15, 0.2) is 5.60 Å². The molecule has 1 saturated heterocycles. The topological polar surface area (TPSA) is 82.1 Å². The van der Waals surface area contributed by atoms with Gasteiger partial charge in [-0.25, -0.2) is 4.79 Å². The quantitative estimate of drug-likeness (QED) is 0.306. The number of unbranched alkanes of at least 4 members (excludes halogenated alkanes) is 1. The molecule has 1 unspecified atom stereocenters. The average molecular weight is 536 g/mol. The van der Waals surface area contributed by atoms with Gasteiger partial charge in [0.2, 0.25) is 5.91 Å². The lowest BCUT2D eigenvalue weighted by molar-refractivity contribution is -0.152. The molecule has 0 aliphatic carbocycles. The Morgan fingerprint density at radius 1 is 1.13 bits per heavy atom. The molecule has 39 heavy (non-hydrogen) atoms. The highest BCUT2D eigenvalue weighted by molar-refractivity contribution is 5.80. The third kappa shape index (κ3) is 8.50. The van der Waals surface area contributed by atoms with Crippen molar-refractivity contribution < 1.29 is 19.4 Å². The van der Waals surface area contributed by atoms with Crippen molar-refractivity contribution in [1.29, 1.82) is 0 Å². The van der Waals surface area contributed by atoms with Crippen LogP contribution in [0.5, 0.6) is 5.75 Å². The monoisotopic (exact) mass is 535 g/mol. The summed E-state index contributed by atoms with van der Waals surface area (Å²) in [5.41, 5.74) is 3.05. The summed E-state index contributed by atoms with van der Waals surface area (Å²) in [6.45, 7) is 9.28. The van der Waals surface area contributed by atoms with Crippen molar-refractivity contribution in [1.82, 2.24) is 5.32 Å². The summed E-state index contributed by atoms with van der Waals surface area (Å²) in [4.78, 5) is 29.2. The Kier molecular flexibility index (Phi) is 10.8. The number of anilines is 2. The maximum absolute atomic E-state index is 13.3. The van der Waals surface area contributed by atoms with Crippen LogP contribution >= 0.6 is 0 Å². The van der Waals surface area contributed by atoms with E-state index in [0.717, 1.165) is 43.6 Å². The van der Waals surface area contributed by atoms with Crippen LogP contribution in [0.4, 0.5) is 11.4 Å². The molecule has 0 spiro atoms. The van der Waals surface area contributed by atoms with Crippen LogP contribution in [0.2, 0.25) is 0 Å². The number of rotatable bonds is 13. The first-order valence-corrected chi connectivity index (χ1v) is 14.2. The molecule has 0 radical (unpaired) electrons. The number of hydrogen-bond donors (Lipinski definition) is 2. The molecule has 1 amide bonds. The number of nitrogens with one attached hydrogen (secondary N) is 1. The van der Waals surface area contributed by atoms with Gasteiger partial charge in [-0.2, -0.15) is 0 Å². The van der Waals surface area contributed by atoms with Gasteiger partial charge in [0, 0.05) is 31.5 Å². The number of carboxylic acids is 1. The molecule has 212 valence electrons. The van der Waals surface area contributed by atoms with Crippen molar-refractivity contribution >= 4 is 23.3 Å². The molecule has 2 aromatic carbocycles. The van der Waals surface area contributed by atoms with Crippen LogP contribution in [0, 0.1) is 0 Å². The molecular formula is C32H45N3O4. The SMILES string of the molecule is C/C=C\N(C)c1ccc(C(CCCC)NC(=O)Cc2ccc(OC(C)(C)C(=O)O)cc2)c(N2CCCCC2)c1. The number of benzene rings is 2. The van der Waals surface area contributed by atoms with Crippen molar-refractivity contribution in [3.8, 4) is 5.75 Å². The highest BCUT2D eigenvalue weighted by Gasteiger charge is 2.29. The predicted molar refractivity (Wildman–Crippen MR) is 159 cm³/mol. The summed E-state index contributed by atoms with van der Waals surface area (Å²) in [5.74, 6) is -0.605. The highest BCUT2D eigenvalue weighted by atomic mass is 16.5. The minimum atomic E-state index is -1.32. The normalized spacial score (nSPS) is 14.7. The predicted octanol–water partition coefficient (Wildman–Crippen LogP) is 6.48. The van der Waals surface area contributed by atoms with E-state index in [1.807, 2.05) is 25.1 Å². The van der Waals surface area contributed by atoms with Gasteiger partial charge >= 0.3 is 5.97 Å². The van der Waals surface area contributed by atoms with Crippen molar-refractivity contribution in [3.05, 3.63) is 65.9 Å². The smallest absolute Gasteiger partial charge is 0.347 e. The zero-order valence-electron chi connectivity index (χ0n) is 24.2. The van der Waals surface area contributed by atoms with Crippen LogP contribution in [0.15, 0.2) is 54.7 Å². The van der Waals surface area contributed by atoms with Gasteiger partial charge in [-0.1, -0.05) is 44.0 Å². The van der Waals surface area contributed by atoms with E-state index in [1.165, 1.54) is 44.4 Å². The van der Waals surface area contributed by atoms with Gasteiger partial charge in [-0.3, -0.25) is 4.79 Å². The summed E-state index contributed by atoms with van der Waals surface area (Å²) >= 11 is 0. The Bertz CT molecular complexity index is 1120. The second-order valence-electron chi connectivity index (χ2n) is 10.9. The van der Waals surface area contributed by atoms with Gasteiger partial charge in [0.05, 0.1) is 12.5 Å². The largest absolute Gasteiger partial charge is 0.478 e. The Hall–Kier alpha value is -3.48. The van der Waals surface area contributed by atoms with E-state index in [0.29, 0.717) is 5.75 Å². The van der Waals surface area contributed by atoms with Gasteiger partial charge in [-0.05, 0) is 88.0 Å². The number of aliphatic carboxylic acids is 1. The number of nitrogens with zero attached hydrogens (tertiary/aromatic N) is 2. The number of hydrogen-bond acceptors (Lipinski definition) is 5. The van der Waals surface area contributed by atoms with E-state index >= 15 is 0 Å². The zero-order chi connectivity index (χ0) is 28.4. The third-order valence-electron chi connectivity index (χ3n) is 7.22. The van der Waals surface area contributed by atoms with Crippen molar-refractivity contribution in [2.45, 2.75) is 84.3 Å². The number of amides is 1. The third-order valence-corrected chi connectivity index (χ3v) is 7.22. The Morgan fingerprint density at radius 2 is 1.82 bits per heavy atom. The van der Waals surface area contributed by atoms with E-state index in [2.05, 4.69) is 53.5 Å². The first-order chi connectivity index (χ1) is 18.6. The molecule has 0 aromatic heterocycles. The van der Waals surface area contributed by atoms with Gasteiger partial charge in [-0.15, -0.1) is 0 Å². The number of carboxylic acid groups (broad SMARTS) is 1. The van der Waals surface area contributed by atoms with Crippen LogP contribution in [-0.2, 0) is 16.0 Å². The lowest BCUT2D eigenvalue weighted by Crippen LogP contribution is -2.37. The molecule has 3 rings (SSSR count). The van der Waals surface area contributed by atoms with Gasteiger partial charge < -0.3 is 25.0 Å². The molecule has 2 N–H and O–H groups in total. The fourth-order valence-corrected chi connectivity index (χ4v) is 4.92. The van der Waals surface area contributed by atoms with Crippen molar-refractivity contribution in [3.63, 3.8) is 0 Å². The molecule has 2 aromatic rings. The van der Waals surface area contributed by atoms with Gasteiger partial charge in [0.1, 0.15) is 5.75 Å². The lowest BCUT2D eigenvalue weighted by Gasteiger charge is -2.34. The first kappa shape index (κ1) is 30.1. The van der Waals surface area contributed by atoms with E-state index in [4.69, 9.17) is 4.74 Å². The van der Waals surface area contributed by atoms with E-state index in [-0.39, 0.29) is 18.4 Å². The van der Waals surface area contributed by atoms with E-state index < -0.39 is 11.6 Å². The highest BCUT2D eigenvalue weighted by Crippen LogP contribution is 2.35. The van der Waals surface area contributed by atoms with Crippen LogP contribution < -0.4 is 19.9 Å². The number of carbonyl (C=O) groups excluding carboxylic acids is 1. The second kappa shape index (κ2) is 14.1. The molecule has 0 saturated carbocycles. The number of piperidine rings is 1. The summed E-state index contributed by atoms with van der Waals surface area (Å²) in [6.07, 6.45) is 10.9. The molecule has 1 fully saturated rings. The molecule has 0 bridgehead atoms. The molecular weight excluding hydrogens is 490 g/mol. The van der Waals surface area contributed by atoms with Crippen LogP contribution in [0.3, 0.4) is 0 Å². The minimum Gasteiger partial charge on any atom is -0.478 e. The Balaban J connectivity index is 1.80. The molecule has 1 aliphatic rings. The summed E-state index contributed by atoms with van der Waals surface area (Å²) < 4.78 is 5.59. The number of ether oxygens (including phenoxy) is 1. The fraction of sp³-hybridized carbons (Fsp3) is 0.500. The van der Waals surface area contributed by atoms with Crippen molar-refractivity contribution in [2.24, 2.45) is 0 Å². The molecule has 7 heteroatoms. The van der Waals surface area contributed by atoms with Crippen LogP contribution in [0.25, 0.3) is 0 Å². The fourth-order valence-electron chi connectivity index (χ4n) is 4.92. The van der Waals surface area contributed by atoms with Crippen LogP contribution in [0.1, 0.15) is 83.4 Å². The first-order valence-electron chi connectivity index (χ1n) is 14.2. The maximum Gasteiger partial charge on any atom is 0.347 e. The average Bonchev–Trinajstić information content (AvgIpc) is 2.92. The lowest BCUT2D eigenvalue weighted by atomic mass is 9.96. The molecule has 1 atom stereocenters. The van der Waals surface area contributed by atoms with E-state index in [1.54, 1.807) is 12.1 Å². The number of carbonyl (C=O) groups is 2. The second-order valence-corrected chi connectivity index (χ2v) is 10.9. The summed E-state index contributed by atoms with van der Waals surface area (Å²) in [5, 5.41) is 12.6. The Labute approximate surface area is 233 Å². The van der Waals surface area contributed by atoms with Crippen LogP contribution in [-0.4, -0.2) is 42.7 Å². The van der Waals surface area contributed by atoms with E-state index in [9.17, 15) is 14.7 Å². The van der Waals surface area contributed by atoms with Gasteiger partial charge in [0.25, 0.3) is 0 Å². The molecule has 7 nitrogen and oxygen atoms in total. The number of allylic oxidation sites excluding steroid dienone is 1. The molecule has 1 aliphatic heterocycles. The van der Waals surface area contributed by atoms with Crippen molar-refractivity contribution in [2.75, 3.05) is 29.9 Å². The zero-order valence-corrected chi connectivity index (χ0v) is 24.2. The standard InChI is InChI=1S/C32H45N3O4/c1-6-8-12-28(33-30(36)22-24-13-16-26(17-14-24)39-32(3,4)31(37)38)27-18-15-25(34(5)19-7-2)23-29(27)35-20-10-9-11-21-35/h7,13-19,23,28H,6,8-12,20-22H2,1-5H3,(H,33,36)(H,37,38)/b19-7-. The summed E-state index contributed by atoms with van der Waals surface area (Å²) in [7, 11) is 2.06. The summed E-state index contributed by atoms with van der Waals surface area (Å²) in [6, 6.07) is 13.6. The maximum atomic E-state index is 13.3. The Morgan fingerprint density at radius 3 is 2.44 bits per heavy atom.